The molecule has 0 unspecified atom stereocenters. The van der Waals surface area contributed by atoms with Crippen LogP contribution in [0.2, 0.25) is 5.02 Å². The van der Waals surface area contributed by atoms with Crippen molar-refractivity contribution < 1.29 is 14.0 Å². The molecular formula is C18H17ClN2O3S. The molecule has 1 aromatic carbocycles. The number of halogens is 1. The fourth-order valence-corrected chi connectivity index (χ4v) is 3.28. The quantitative estimate of drug-likeness (QED) is 0.862. The Hall–Kier alpha value is -2.18. The van der Waals surface area contributed by atoms with E-state index in [2.05, 4.69) is 5.32 Å². The van der Waals surface area contributed by atoms with E-state index in [0.29, 0.717) is 35.0 Å². The Labute approximate surface area is 155 Å². The van der Waals surface area contributed by atoms with Crippen LogP contribution in [0, 0.1) is 6.92 Å². The standard InChI is InChI=1S/C18H17ClN2O3S/c1-12-5-8-24-16(12)4-6-20-18(23)14-10-13(2-3-15(14)19)21-7-9-25-11-17(21)22/h2-3,5,7-10H,4,6,11H2,1H3,(H,20,23). The summed E-state index contributed by atoms with van der Waals surface area (Å²) in [6.07, 6.45) is 3.93. The molecule has 0 atom stereocenters. The van der Waals surface area contributed by atoms with Crippen molar-refractivity contribution in [3.63, 3.8) is 0 Å². The van der Waals surface area contributed by atoms with Gasteiger partial charge < -0.3 is 9.73 Å². The largest absolute Gasteiger partial charge is 0.469 e. The predicted molar refractivity (Wildman–Crippen MR) is 100 cm³/mol. The lowest BCUT2D eigenvalue weighted by Crippen LogP contribution is -2.30. The van der Waals surface area contributed by atoms with Crippen molar-refractivity contribution in [1.82, 2.24) is 5.32 Å². The fourth-order valence-electron chi connectivity index (χ4n) is 2.49. The zero-order valence-electron chi connectivity index (χ0n) is 13.6. The highest BCUT2D eigenvalue weighted by molar-refractivity contribution is 8.02. The second-order valence-corrected chi connectivity index (χ2v) is 6.86. The second kappa shape index (κ2) is 7.80. The Morgan fingerprint density at radius 2 is 2.24 bits per heavy atom. The highest BCUT2D eigenvalue weighted by Gasteiger charge is 2.19. The number of hydrogen-bond donors (Lipinski definition) is 1. The van der Waals surface area contributed by atoms with Gasteiger partial charge in [-0.1, -0.05) is 11.6 Å². The van der Waals surface area contributed by atoms with Crippen molar-refractivity contribution in [2.45, 2.75) is 13.3 Å². The number of nitrogens with zero attached hydrogens (tertiary/aromatic N) is 1. The maximum Gasteiger partial charge on any atom is 0.252 e. The highest BCUT2D eigenvalue weighted by Crippen LogP contribution is 2.26. The van der Waals surface area contributed by atoms with Crippen LogP contribution in [-0.4, -0.2) is 24.1 Å². The van der Waals surface area contributed by atoms with Gasteiger partial charge in [0, 0.05) is 24.9 Å². The highest BCUT2D eigenvalue weighted by atomic mass is 35.5. The molecule has 5 nitrogen and oxygen atoms in total. The Balaban J connectivity index is 1.70. The van der Waals surface area contributed by atoms with Gasteiger partial charge in [0.15, 0.2) is 0 Å². The van der Waals surface area contributed by atoms with E-state index in [9.17, 15) is 9.59 Å². The van der Waals surface area contributed by atoms with Gasteiger partial charge in [-0.15, -0.1) is 11.8 Å². The number of nitrogens with one attached hydrogen (secondary N) is 1. The molecule has 0 fully saturated rings. The maximum absolute atomic E-state index is 12.4. The molecule has 0 aliphatic carbocycles. The van der Waals surface area contributed by atoms with Gasteiger partial charge in [0.2, 0.25) is 5.91 Å². The van der Waals surface area contributed by atoms with Crippen molar-refractivity contribution in [2.75, 3.05) is 17.2 Å². The first-order valence-corrected chi connectivity index (χ1v) is 9.20. The predicted octanol–water partition coefficient (Wildman–Crippen LogP) is 3.76. The minimum atomic E-state index is -0.279. The second-order valence-electron chi connectivity index (χ2n) is 5.56. The van der Waals surface area contributed by atoms with Crippen LogP contribution in [0.4, 0.5) is 5.69 Å². The van der Waals surface area contributed by atoms with E-state index in [1.54, 1.807) is 30.7 Å². The molecule has 1 aliphatic heterocycles. The van der Waals surface area contributed by atoms with E-state index in [4.69, 9.17) is 16.0 Å². The molecule has 2 aromatic rings. The Bertz CT molecular complexity index is 831. The molecule has 1 N–H and O–H groups in total. The van der Waals surface area contributed by atoms with Gasteiger partial charge in [-0.25, -0.2) is 0 Å². The zero-order chi connectivity index (χ0) is 17.8. The van der Waals surface area contributed by atoms with Gasteiger partial charge >= 0.3 is 0 Å². The van der Waals surface area contributed by atoms with Gasteiger partial charge in [-0.05, 0) is 42.2 Å². The summed E-state index contributed by atoms with van der Waals surface area (Å²) in [5, 5.41) is 5.03. The van der Waals surface area contributed by atoms with Crippen LogP contribution >= 0.6 is 23.4 Å². The topological polar surface area (TPSA) is 62.6 Å². The molecule has 7 heteroatoms. The molecule has 1 aromatic heterocycles. The van der Waals surface area contributed by atoms with Gasteiger partial charge in [-0.2, -0.15) is 0 Å². The fraction of sp³-hybridized carbons (Fsp3) is 0.222. The minimum Gasteiger partial charge on any atom is -0.469 e. The van der Waals surface area contributed by atoms with Crippen molar-refractivity contribution in [2.24, 2.45) is 0 Å². The number of rotatable bonds is 5. The minimum absolute atomic E-state index is 0.0329. The number of furan rings is 1. The summed E-state index contributed by atoms with van der Waals surface area (Å²) >= 11 is 7.61. The van der Waals surface area contributed by atoms with E-state index in [1.165, 1.54) is 16.7 Å². The SMILES string of the molecule is Cc1ccoc1CCNC(=O)c1cc(N2C=CSCC2=O)ccc1Cl. The number of carbonyl (C=O) groups is 2. The van der Waals surface area contributed by atoms with E-state index in [1.807, 2.05) is 18.4 Å². The number of thioether (sulfide) groups is 1. The molecule has 25 heavy (non-hydrogen) atoms. The van der Waals surface area contributed by atoms with Crippen LogP contribution in [0.3, 0.4) is 0 Å². The summed E-state index contributed by atoms with van der Waals surface area (Å²) in [5.41, 5.74) is 2.02. The summed E-state index contributed by atoms with van der Waals surface area (Å²) in [4.78, 5) is 26.0. The molecule has 0 bridgehead atoms. The molecule has 3 rings (SSSR count). The van der Waals surface area contributed by atoms with Crippen molar-refractivity contribution in [3.05, 3.63) is 64.0 Å². The van der Waals surface area contributed by atoms with Crippen molar-refractivity contribution >= 4 is 40.9 Å². The Morgan fingerprint density at radius 1 is 1.40 bits per heavy atom. The van der Waals surface area contributed by atoms with Crippen LogP contribution in [0.1, 0.15) is 21.7 Å². The summed E-state index contributed by atoms with van der Waals surface area (Å²) < 4.78 is 5.35. The van der Waals surface area contributed by atoms with Gasteiger partial charge in [0.05, 0.1) is 22.6 Å². The van der Waals surface area contributed by atoms with E-state index in [0.717, 1.165) is 11.3 Å². The van der Waals surface area contributed by atoms with Gasteiger partial charge in [0.1, 0.15) is 5.76 Å². The number of aryl methyl sites for hydroxylation is 1. The van der Waals surface area contributed by atoms with Crippen LogP contribution in [0.15, 0.2) is 46.6 Å². The molecule has 0 spiro atoms. The molecule has 130 valence electrons. The van der Waals surface area contributed by atoms with Crippen molar-refractivity contribution in [3.8, 4) is 0 Å². The van der Waals surface area contributed by atoms with Crippen molar-refractivity contribution in [1.29, 1.82) is 0 Å². The number of carbonyl (C=O) groups excluding carboxylic acids is 2. The lowest BCUT2D eigenvalue weighted by atomic mass is 10.1. The first kappa shape index (κ1) is 17.6. The summed E-state index contributed by atoms with van der Waals surface area (Å²) in [5.74, 6) is 0.915. The van der Waals surface area contributed by atoms with Crippen LogP contribution < -0.4 is 10.2 Å². The third-order valence-corrected chi connectivity index (χ3v) is 4.92. The first-order chi connectivity index (χ1) is 12.1. The third kappa shape index (κ3) is 4.08. The summed E-state index contributed by atoms with van der Waals surface area (Å²) in [7, 11) is 0. The molecule has 2 amide bonds. The van der Waals surface area contributed by atoms with Crippen LogP contribution in [-0.2, 0) is 11.2 Å². The number of hydrogen-bond acceptors (Lipinski definition) is 4. The van der Waals surface area contributed by atoms with Crippen LogP contribution in [0.5, 0.6) is 0 Å². The average molecular weight is 377 g/mol. The number of benzene rings is 1. The lowest BCUT2D eigenvalue weighted by molar-refractivity contribution is -0.115. The van der Waals surface area contributed by atoms with Gasteiger partial charge in [0.25, 0.3) is 5.91 Å². The average Bonchev–Trinajstić information content (AvgIpc) is 3.01. The molecule has 0 saturated carbocycles. The van der Waals surface area contributed by atoms with Crippen LogP contribution in [0.25, 0.3) is 0 Å². The summed E-state index contributed by atoms with van der Waals surface area (Å²) in [6, 6.07) is 6.88. The monoisotopic (exact) mass is 376 g/mol. The van der Waals surface area contributed by atoms with E-state index >= 15 is 0 Å². The normalized spacial score (nSPS) is 14.0. The Morgan fingerprint density at radius 3 is 2.96 bits per heavy atom. The molecule has 2 heterocycles. The first-order valence-electron chi connectivity index (χ1n) is 7.77. The number of amides is 2. The molecule has 0 radical (unpaired) electrons. The zero-order valence-corrected chi connectivity index (χ0v) is 15.2. The molecule has 0 saturated heterocycles. The molecule has 1 aliphatic rings. The maximum atomic E-state index is 12.4. The molecular weight excluding hydrogens is 360 g/mol. The number of anilines is 1. The van der Waals surface area contributed by atoms with E-state index < -0.39 is 0 Å². The van der Waals surface area contributed by atoms with E-state index in [-0.39, 0.29) is 11.8 Å². The van der Waals surface area contributed by atoms with Gasteiger partial charge in [-0.3, -0.25) is 14.5 Å². The Kier molecular flexibility index (Phi) is 5.50. The summed E-state index contributed by atoms with van der Waals surface area (Å²) in [6.45, 7) is 2.40. The third-order valence-electron chi connectivity index (χ3n) is 3.86. The smallest absolute Gasteiger partial charge is 0.252 e. The lowest BCUT2D eigenvalue weighted by Gasteiger charge is -2.22.